The normalized spacial score (nSPS) is 17.6. The third-order valence-corrected chi connectivity index (χ3v) is 5.17. The van der Waals surface area contributed by atoms with Gasteiger partial charge in [-0.15, -0.1) is 0 Å². The maximum atomic E-state index is 11.5. The zero-order chi connectivity index (χ0) is 17.2. The Morgan fingerprint density at radius 3 is 2.44 bits per heavy atom. The molecule has 1 aromatic heterocycles. The third kappa shape index (κ3) is 3.36. The summed E-state index contributed by atoms with van der Waals surface area (Å²) in [4.78, 5) is 25.7. The molecule has 5 heteroatoms. The first-order valence-electron chi connectivity index (χ1n) is 9.19. The van der Waals surface area contributed by atoms with E-state index in [9.17, 15) is 4.79 Å². The number of Topliss-reactive ketones (excluding diaryl/α,β-unsaturated/α-hetero) is 1. The van der Waals surface area contributed by atoms with Crippen molar-refractivity contribution < 1.29 is 4.79 Å². The van der Waals surface area contributed by atoms with Crippen LogP contribution in [0.5, 0.6) is 0 Å². The fourth-order valence-electron chi connectivity index (χ4n) is 3.61. The molecule has 1 saturated heterocycles. The van der Waals surface area contributed by atoms with Gasteiger partial charge in [-0.2, -0.15) is 4.98 Å². The minimum absolute atomic E-state index is 0.355. The molecule has 4 rings (SSSR count). The van der Waals surface area contributed by atoms with E-state index in [4.69, 9.17) is 9.97 Å². The predicted molar refractivity (Wildman–Crippen MR) is 99.1 cm³/mol. The molecule has 0 N–H and O–H groups in total. The molecular weight excluding hydrogens is 312 g/mol. The van der Waals surface area contributed by atoms with Gasteiger partial charge < -0.3 is 9.80 Å². The molecule has 3 heterocycles. The van der Waals surface area contributed by atoms with Crippen molar-refractivity contribution in [3.63, 3.8) is 0 Å². The molecule has 130 valence electrons. The van der Waals surface area contributed by atoms with Crippen LogP contribution in [0, 0.1) is 0 Å². The number of aryl methyl sites for hydroxylation is 1. The van der Waals surface area contributed by atoms with Crippen LogP contribution in [0.2, 0.25) is 0 Å². The molecule has 5 nitrogen and oxygen atoms in total. The van der Waals surface area contributed by atoms with Crippen molar-refractivity contribution >= 4 is 17.5 Å². The van der Waals surface area contributed by atoms with Crippen LogP contribution in [0.4, 0.5) is 11.8 Å². The lowest BCUT2D eigenvalue weighted by atomic mass is 10.0. The van der Waals surface area contributed by atoms with Crippen LogP contribution in [-0.2, 0) is 24.2 Å². The third-order valence-electron chi connectivity index (χ3n) is 5.17. The second-order valence-electron chi connectivity index (χ2n) is 6.84. The van der Waals surface area contributed by atoms with Gasteiger partial charge in [0.25, 0.3) is 0 Å². The smallest absolute Gasteiger partial charge is 0.227 e. The van der Waals surface area contributed by atoms with Crippen LogP contribution in [0.1, 0.15) is 36.6 Å². The molecule has 0 radical (unpaired) electrons. The molecular formula is C20H24N4O. The summed E-state index contributed by atoms with van der Waals surface area (Å²) in [5, 5.41) is 0. The molecule has 0 bridgehead atoms. The average Bonchev–Trinajstić information content (AvgIpc) is 2.67. The molecule has 2 aliphatic heterocycles. The maximum Gasteiger partial charge on any atom is 0.227 e. The minimum atomic E-state index is 0.355. The first-order valence-corrected chi connectivity index (χ1v) is 9.19. The molecule has 0 saturated carbocycles. The highest BCUT2D eigenvalue weighted by molar-refractivity contribution is 5.80. The zero-order valence-corrected chi connectivity index (χ0v) is 14.7. The van der Waals surface area contributed by atoms with Gasteiger partial charge in [0.15, 0.2) is 0 Å². The fourth-order valence-corrected chi connectivity index (χ4v) is 3.61. The van der Waals surface area contributed by atoms with E-state index in [2.05, 4.69) is 47.1 Å². The molecule has 0 unspecified atom stereocenters. The predicted octanol–water partition coefficient (Wildman–Crippen LogP) is 2.77. The van der Waals surface area contributed by atoms with Gasteiger partial charge in [-0.05, 0) is 24.0 Å². The Kier molecular flexibility index (Phi) is 4.38. The van der Waals surface area contributed by atoms with Crippen LogP contribution in [-0.4, -0.2) is 35.4 Å². The van der Waals surface area contributed by atoms with E-state index >= 15 is 0 Å². The van der Waals surface area contributed by atoms with Crippen LogP contribution in [0.3, 0.4) is 0 Å². The Morgan fingerprint density at radius 2 is 1.68 bits per heavy atom. The second kappa shape index (κ2) is 6.82. The van der Waals surface area contributed by atoms with Gasteiger partial charge in [0.2, 0.25) is 5.95 Å². The quantitative estimate of drug-likeness (QED) is 0.863. The van der Waals surface area contributed by atoms with Gasteiger partial charge in [0.1, 0.15) is 11.6 Å². The monoisotopic (exact) mass is 336 g/mol. The van der Waals surface area contributed by atoms with Crippen LogP contribution in [0.15, 0.2) is 30.3 Å². The molecule has 1 fully saturated rings. The number of piperidine rings is 1. The summed E-state index contributed by atoms with van der Waals surface area (Å²) in [6.45, 7) is 5.47. The highest BCUT2D eigenvalue weighted by atomic mass is 16.1. The van der Waals surface area contributed by atoms with Gasteiger partial charge in [0, 0.05) is 50.8 Å². The minimum Gasteiger partial charge on any atom is -0.356 e. The Hall–Kier alpha value is -2.43. The van der Waals surface area contributed by atoms with E-state index in [1.54, 1.807) is 0 Å². The Morgan fingerprint density at radius 1 is 0.960 bits per heavy atom. The van der Waals surface area contributed by atoms with E-state index < -0.39 is 0 Å². The summed E-state index contributed by atoms with van der Waals surface area (Å²) in [6, 6.07) is 10.7. The number of anilines is 2. The standard InChI is InChI=1S/C20H24N4O/c1-2-17-13-19(23-11-8-18(25)9-12-23)22-20(21-17)24-10-7-15-5-3-4-6-16(15)14-24/h3-6,13H,2,7-12,14H2,1H3. The van der Waals surface area contributed by atoms with Crippen LogP contribution in [0.25, 0.3) is 0 Å². The molecule has 0 atom stereocenters. The summed E-state index contributed by atoms with van der Waals surface area (Å²) in [6.07, 6.45) is 3.17. The molecule has 25 heavy (non-hydrogen) atoms. The van der Waals surface area contributed by atoms with Gasteiger partial charge in [0.05, 0.1) is 0 Å². The first-order chi connectivity index (χ1) is 12.2. The largest absolute Gasteiger partial charge is 0.356 e. The van der Waals surface area contributed by atoms with E-state index in [1.807, 2.05) is 0 Å². The lowest BCUT2D eigenvalue weighted by Gasteiger charge is -2.31. The van der Waals surface area contributed by atoms with Crippen molar-refractivity contribution in [1.29, 1.82) is 0 Å². The highest BCUT2D eigenvalue weighted by Gasteiger charge is 2.22. The number of benzene rings is 1. The lowest BCUT2D eigenvalue weighted by molar-refractivity contribution is -0.119. The number of carbonyl (C=O) groups excluding carboxylic acids is 1. The number of ketones is 1. The highest BCUT2D eigenvalue weighted by Crippen LogP contribution is 2.25. The van der Waals surface area contributed by atoms with E-state index in [0.29, 0.717) is 18.6 Å². The maximum absolute atomic E-state index is 11.5. The average molecular weight is 336 g/mol. The molecule has 0 spiro atoms. The summed E-state index contributed by atoms with van der Waals surface area (Å²) < 4.78 is 0. The number of fused-ring (bicyclic) bond motifs is 1. The molecule has 0 amide bonds. The Balaban J connectivity index is 1.61. The topological polar surface area (TPSA) is 49.3 Å². The number of rotatable bonds is 3. The van der Waals surface area contributed by atoms with Crippen molar-refractivity contribution in [3.8, 4) is 0 Å². The SMILES string of the molecule is CCc1cc(N2CCC(=O)CC2)nc(N2CCc3ccccc3C2)n1. The van der Waals surface area contributed by atoms with Crippen molar-refractivity contribution in [2.45, 2.75) is 39.2 Å². The number of nitrogens with zero attached hydrogens (tertiary/aromatic N) is 4. The molecule has 2 aliphatic rings. The van der Waals surface area contributed by atoms with Crippen molar-refractivity contribution in [1.82, 2.24) is 9.97 Å². The molecule has 2 aromatic rings. The van der Waals surface area contributed by atoms with Crippen molar-refractivity contribution in [2.75, 3.05) is 29.4 Å². The lowest BCUT2D eigenvalue weighted by Crippen LogP contribution is -2.36. The van der Waals surface area contributed by atoms with Crippen molar-refractivity contribution in [2.24, 2.45) is 0 Å². The zero-order valence-electron chi connectivity index (χ0n) is 14.7. The van der Waals surface area contributed by atoms with Crippen LogP contribution >= 0.6 is 0 Å². The van der Waals surface area contributed by atoms with Gasteiger partial charge in [-0.25, -0.2) is 4.98 Å². The Labute approximate surface area is 148 Å². The van der Waals surface area contributed by atoms with E-state index in [-0.39, 0.29) is 0 Å². The summed E-state index contributed by atoms with van der Waals surface area (Å²) >= 11 is 0. The summed E-state index contributed by atoms with van der Waals surface area (Å²) in [5.74, 6) is 2.14. The summed E-state index contributed by atoms with van der Waals surface area (Å²) in [5.41, 5.74) is 3.86. The Bertz CT molecular complexity index is 779. The van der Waals surface area contributed by atoms with Crippen LogP contribution < -0.4 is 9.80 Å². The number of carbonyl (C=O) groups is 1. The van der Waals surface area contributed by atoms with Gasteiger partial charge in [-0.3, -0.25) is 4.79 Å². The first kappa shape index (κ1) is 16.1. The second-order valence-corrected chi connectivity index (χ2v) is 6.84. The molecule has 0 aliphatic carbocycles. The number of aromatic nitrogens is 2. The van der Waals surface area contributed by atoms with Gasteiger partial charge >= 0.3 is 0 Å². The summed E-state index contributed by atoms with van der Waals surface area (Å²) in [7, 11) is 0. The van der Waals surface area contributed by atoms with Crippen molar-refractivity contribution in [3.05, 3.63) is 47.2 Å². The fraction of sp³-hybridized carbons (Fsp3) is 0.450. The number of hydrogen-bond acceptors (Lipinski definition) is 5. The van der Waals surface area contributed by atoms with Gasteiger partial charge in [-0.1, -0.05) is 31.2 Å². The molecule has 1 aromatic carbocycles. The van der Waals surface area contributed by atoms with E-state index in [0.717, 1.165) is 56.5 Å². The number of hydrogen-bond donors (Lipinski definition) is 0. The van der Waals surface area contributed by atoms with E-state index in [1.165, 1.54) is 11.1 Å².